The van der Waals surface area contributed by atoms with Crippen LogP contribution in [-0.4, -0.2) is 36.2 Å². The lowest BCUT2D eigenvalue weighted by Crippen LogP contribution is -2.35. The van der Waals surface area contributed by atoms with E-state index in [9.17, 15) is 27.6 Å². The quantitative estimate of drug-likeness (QED) is 0.818. The molecule has 0 unspecified atom stereocenters. The molecule has 28 heavy (non-hydrogen) atoms. The summed E-state index contributed by atoms with van der Waals surface area (Å²) < 4.78 is 39.0. The van der Waals surface area contributed by atoms with Gasteiger partial charge in [0.1, 0.15) is 0 Å². The minimum absolute atomic E-state index is 0.220. The van der Waals surface area contributed by atoms with Gasteiger partial charge in [0, 0.05) is 25.2 Å². The van der Waals surface area contributed by atoms with Crippen LogP contribution in [0.25, 0.3) is 0 Å². The Labute approximate surface area is 159 Å². The molecule has 2 aromatic carbocycles. The van der Waals surface area contributed by atoms with Crippen molar-refractivity contribution in [1.82, 2.24) is 4.90 Å². The summed E-state index contributed by atoms with van der Waals surface area (Å²) in [5.74, 6) is -1.60. The lowest BCUT2D eigenvalue weighted by molar-refractivity contribution is -0.137. The Kier molecular flexibility index (Phi) is 6.40. The average Bonchev–Trinajstić information content (AvgIpc) is 2.60. The number of rotatable bonds is 5. The maximum absolute atomic E-state index is 13.0. The predicted molar refractivity (Wildman–Crippen MR) is 97.8 cm³/mol. The summed E-state index contributed by atoms with van der Waals surface area (Å²) in [7, 11) is 1.35. The van der Waals surface area contributed by atoms with E-state index < -0.39 is 30.1 Å². The normalized spacial score (nSPS) is 10.9. The molecule has 148 valence electrons. The molecule has 0 saturated carbocycles. The number of halogens is 3. The zero-order chi connectivity index (χ0) is 20.9. The molecule has 9 heteroatoms. The van der Waals surface area contributed by atoms with Gasteiger partial charge in [-0.1, -0.05) is 18.2 Å². The van der Waals surface area contributed by atoms with Crippen LogP contribution in [0.5, 0.6) is 0 Å². The first kappa shape index (κ1) is 20.9. The molecule has 0 aliphatic heterocycles. The van der Waals surface area contributed by atoms with Gasteiger partial charge in [-0.25, -0.2) is 0 Å². The molecule has 0 bridgehead atoms. The molecule has 0 aliphatic rings. The van der Waals surface area contributed by atoms with Crippen molar-refractivity contribution >= 4 is 29.1 Å². The fourth-order valence-corrected chi connectivity index (χ4v) is 2.47. The van der Waals surface area contributed by atoms with Crippen LogP contribution in [0, 0.1) is 0 Å². The van der Waals surface area contributed by atoms with E-state index in [-0.39, 0.29) is 17.2 Å². The largest absolute Gasteiger partial charge is 0.418 e. The van der Waals surface area contributed by atoms with Crippen LogP contribution in [0.1, 0.15) is 22.8 Å². The monoisotopic (exact) mass is 393 g/mol. The third-order valence-corrected chi connectivity index (χ3v) is 3.66. The highest BCUT2D eigenvalue weighted by molar-refractivity contribution is 6.00. The zero-order valence-corrected chi connectivity index (χ0v) is 15.1. The number of carbonyl (C=O) groups is 3. The molecule has 2 N–H and O–H groups in total. The second-order valence-electron chi connectivity index (χ2n) is 6.01. The number of hydrogen-bond acceptors (Lipinski definition) is 3. The van der Waals surface area contributed by atoms with E-state index >= 15 is 0 Å². The van der Waals surface area contributed by atoms with Gasteiger partial charge >= 0.3 is 6.18 Å². The van der Waals surface area contributed by atoms with Crippen molar-refractivity contribution in [3.63, 3.8) is 0 Å². The number of benzene rings is 2. The molecular weight excluding hydrogens is 375 g/mol. The summed E-state index contributed by atoms with van der Waals surface area (Å²) in [5.41, 5.74) is -0.721. The van der Waals surface area contributed by atoms with Crippen LogP contribution >= 0.6 is 0 Å². The Bertz CT molecular complexity index is 897. The fraction of sp³-hybridized carbons (Fsp3) is 0.211. The third-order valence-electron chi connectivity index (χ3n) is 3.66. The average molecular weight is 393 g/mol. The Morgan fingerprint density at radius 2 is 1.68 bits per heavy atom. The highest BCUT2D eigenvalue weighted by atomic mass is 19.4. The number of alkyl halides is 3. The first-order chi connectivity index (χ1) is 13.1. The lowest BCUT2D eigenvalue weighted by Gasteiger charge is -2.18. The van der Waals surface area contributed by atoms with Crippen molar-refractivity contribution in [2.45, 2.75) is 13.1 Å². The standard InChI is InChI=1S/C19H18F3N3O3/c1-12(26)23-14-7-5-6-13(10-14)18(28)25(2)11-17(27)24-16-9-4-3-8-15(16)19(20,21)22/h3-10H,11H2,1-2H3,(H,23,26)(H,24,27). The van der Waals surface area contributed by atoms with Gasteiger partial charge in [-0.2, -0.15) is 13.2 Å². The molecule has 0 radical (unpaired) electrons. The van der Waals surface area contributed by atoms with Crippen molar-refractivity contribution in [1.29, 1.82) is 0 Å². The van der Waals surface area contributed by atoms with Crippen LogP contribution < -0.4 is 10.6 Å². The highest BCUT2D eigenvalue weighted by Crippen LogP contribution is 2.34. The number of hydrogen-bond donors (Lipinski definition) is 2. The molecule has 2 aromatic rings. The minimum Gasteiger partial charge on any atom is -0.332 e. The van der Waals surface area contributed by atoms with Gasteiger partial charge in [-0.3, -0.25) is 14.4 Å². The van der Waals surface area contributed by atoms with Gasteiger partial charge in [-0.05, 0) is 30.3 Å². The molecule has 0 heterocycles. The number of carbonyl (C=O) groups excluding carboxylic acids is 3. The highest BCUT2D eigenvalue weighted by Gasteiger charge is 2.33. The van der Waals surface area contributed by atoms with Crippen molar-refractivity contribution in [3.8, 4) is 0 Å². The maximum atomic E-state index is 13.0. The first-order valence-electron chi connectivity index (χ1n) is 8.17. The Morgan fingerprint density at radius 1 is 1.00 bits per heavy atom. The molecule has 0 aliphatic carbocycles. The van der Waals surface area contributed by atoms with E-state index in [4.69, 9.17) is 0 Å². The summed E-state index contributed by atoms with van der Waals surface area (Å²) in [6.45, 7) is 0.874. The van der Waals surface area contributed by atoms with Crippen molar-refractivity contribution in [2.75, 3.05) is 24.2 Å². The Morgan fingerprint density at radius 3 is 2.32 bits per heavy atom. The Balaban J connectivity index is 2.07. The van der Waals surface area contributed by atoms with Crippen LogP contribution in [0.3, 0.4) is 0 Å². The molecule has 3 amide bonds. The minimum atomic E-state index is -4.62. The summed E-state index contributed by atoms with van der Waals surface area (Å²) in [4.78, 5) is 36.7. The molecule has 0 aromatic heterocycles. The van der Waals surface area contributed by atoms with Crippen LogP contribution in [0.15, 0.2) is 48.5 Å². The lowest BCUT2D eigenvalue weighted by atomic mass is 10.1. The number of amides is 3. The van der Waals surface area contributed by atoms with Crippen LogP contribution in [0.2, 0.25) is 0 Å². The van der Waals surface area contributed by atoms with Crippen LogP contribution in [0.4, 0.5) is 24.5 Å². The maximum Gasteiger partial charge on any atom is 0.418 e. The molecule has 0 saturated heterocycles. The van der Waals surface area contributed by atoms with Gasteiger partial charge < -0.3 is 15.5 Å². The summed E-state index contributed by atoms with van der Waals surface area (Å²) >= 11 is 0. The second kappa shape index (κ2) is 8.55. The predicted octanol–water partition coefficient (Wildman–Crippen LogP) is 3.37. The summed E-state index contributed by atoms with van der Waals surface area (Å²) in [6, 6.07) is 10.7. The number of nitrogens with one attached hydrogen (secondary N) is 2. The van der Waals surface area contributed by atoms with E-state index in [2.05, 4.69) is 10.6 Å². The van der Waals surface area contributed by atoms with E-state index in [1.165, 1.54) is 38.2 Å². The molecule has 2 rings (SSSR count). The van der Waals surface area contributed by atoms with E-state index in [0.717, 1.165) is 17.0 Å². The van der Waals surface area contributed by atoms with Gasteiger partial charge in [0.25, 0.3) is 5.91 Å². The van der Waals surface area contributed by atoms with E-state index in [1.54, 1.807) is 12.1 Å². The van der Waals surface area contributed by atoms with Crippen LogP contribution in [-0.2, 0) is 15.8 Å². The van der Waals surface area contributed by atoms with Crippen molar-refractivity contribution in [2.24, 2.45) is 0 Å². The Hall–Kier alpha value is -3.36. The topological polar surface area (TPSA) is 78.5 Å². The smallest absolute Gasteiger partial charge is 0.332 e. The number of likely N-dealkylation sites (N-methyl/N-ethyl adjacent to an activating group) is 1. The first-order valence-corrected chi connectivity index (χ1v) is 8.17. The number of para-hydroxylation sites is 1. The fourth-order valence-electron chi connectivity index (χ4n) is 2.47. The molecule has 0 fully saturated rings. The van der Waals surface area contributed by atoms with Gasteiger partial charge in [0.2, 0.25) is 11.8 Å². The van der Waals surface area contributed by atoms with Crippen molar-refractivity contribution < 1.29 is 27.6 Å². The van der Waals surface area contributed by atoms with Gasteiger partial charge in [0.05, 0.1) is 17.8 Å². The molecule has 0 spiro atoms. The zero-order valence-electron chi connectivity index (χ0n) is 15.1. The summed E-state index contributed by atoms with van der Waals surface area (Å²) in [6.07, 6.45) is -4.62. The number of nitrogens with zero attached hydrogens (tertiary/aromatic N) is 1. The molecular formula is C19H18F3N3O3. The number of anilines is 2. The van der Waals surface area contributed by atoms with Gasteiger partial charge in [0.15, 0.2) is 0 Å². The second-order valence-corrected chi connectivity index (χ2v) is 6.01. The van der Waals surface area contributed by atoms with Gasteiger partial charge in [-0.15, -0.1) is 0 Å². The molecule has 0 atom stereocenters. The third kappa shape index (κ3) is 5.57. The SMILES string of the molecule is CC(=O)Nc1cccc(C(=O)N(C)CC(=O)Nc2ccccc2C(F)(F)F)c1. The summed E-state index contributed by atoms with van der Waals surface area (Å²) in [5, 5.41) is 4.72. The van der Waals surface area contributed by atoms with Crippen molar-refractivity contribution in [3.05, 3.63) is 59.7 Å². The van der Waals surface area contributed by atoms with E-state index in [1.807, 2.05) is 0 Å². The molecule has 6 nitrogen and oxygen atoms in total. The van der Waals surface area contributed by atoms with E-state index in [0.29, 0.717) is 5.69 Å².